The predicted molar refractivity (Wildman–Crippen MR) is 98.4 cm³/mol. The van der Waals surface area contributed by atoms with Gasteiger partial charge in [-0.2, -0.15) is 10.1 Å². The lowest BCUT2D eigenvalue weighted by Crippen LogP contribution is -2.19. The predicted octanol–water partition coefficient (Wildman–Crippen LogP) is 2.51. The highest BCUT2D eigenvalue weighted by Gasteiger charge is 2.19. The Kier molecular flexibility index (Phi) is 4.01. The lowest BCUT2D eigenvalue weighted by molar-refractivity contribution is 0.120. The van der Waals surface area contributed by atoms with Crippen molar-refractivity contribution in [3.63, 3.8) is 0 Å². The molecule has 3 heterocycles. The summed E-state index contributed by atoms with van der Waals surface area (Å²) in [7, 11) is 1.82. The zero-order valence-corrected chi connectivity index (χ0v) is 14.5. The standard InChI is InChI=1S/C18H22N6O/c1-11-5-3-6-12(9-11)15-14-16(19)24(2)23-17(14)22-18(21-15)20-10-13-7-4-8-25-13/h3,5-6,9,13H,4,7-8,10,19H2,1-2H3,(H,20,22,23). The zero-order chi connectivity index (χ0) is 17.4. The summed E-state index contributed by atoms with van der Waals surface area (Å²) in [4.78, 5) is 9.27. The summed E-state index contributed by atoms with van der Waals surface area (Å²) < 4.78 is 7.30. The van der Waals surface area contributed by atoms with E-state index in [4.69, 9.17) is 15.5 Å². The van der Waals surface area contributed by atoms with Gasteiger partial charge in [0, 0.05) is 25.8 Å². The van der Waals surface area contributed by atoms with Crippen molar-refractivity contribution in [3.05, 3.63) is 29.8 Å². The van der Waals surface area contributed by atoms with Crippen LogP contribution < -0.4 is 11.1 Å². The van der Waals surface area contributed by atoms with Gasteiger partial charge in [0.2, 0.25) is 5.95 Å². The molecule has 1 saturated heterocycles. The molecule has 3 N–H and O–H groups in total. The summed E-state index contributed by atoms with van der Waals surface area (Å²) in [5.41, 5.74) is 9.79. The molecule has 1 aliphatic rings. The smallest absolute Gasteiger partial charge is 0.225 e. The number of nitrogens with two attached hydrogens (primary N) is 1. The Morgan fingerprint density at radius 2 is 2.24 bits per heavy atom. The van der Waals surface area contributed by atoms with Crippen LogP contribution in [-0.2, 0) is 11.8 Å². The van der Waals surface area contributed by atoms with Crippen molar-refractivity contribution in [1.82, 2.24) is 19.7 Å². The van der Waals surface area contributed by atoms with Crippen LogP contribution in [0.25, 0.3) is 22.3 Å². The number of nitrogen functional groups attached to an aromatic ring is 1. The second kappa shape index (κ2) is 6.33. The van der Waals surface area contributed by atoms with Gasteiger partial charge in [0.05, 0.1) is 17.2 Å². The minimum Gasteiger partial charge on any atom is -0.383 e. The minimum atomic E-state index is 0.218. The molecule has 0 aliphatic carbocycles. The van der Waals surface area contributed by atoms with Gasteiger partial charge in [-0.15, -0.1) is 0 Å². The number of ether oxygens (including phenoxy) is 1. The molecule has 1 atom stereocenters. The van der Waals surface area contributed by atoms with Crippen molar-refractivity contribution in [2.45, 2.75) is 25.9 Å². The second-order valence-corrected chi connectivity index (χ2v) is 6.49. The maximum Gasteiger partial charge on any atom is 0.225 e. The molecule has 0 spiro atoms. The first-order valence-corrected chi connectivity index (χ1v) is 8.54. The Bertz CT molecular complexity index is 913. The van der Waals surface area contributed by atoms with E-state index in [0.29, 0.717) is 24.0 Å². The molecule has 0 bridgehead atoms. The molecule has 130 valence electrons. The van der Waals surface area contributed by atoms with Crippen LogP contribution in [0.1, 0.15) is 18.4 Å². The van der Waals surface area contributed by atoms with Gasteiger partial charge in [-0.3, -0.25) is 4.68 Å². The molecule has 1 unspecified atom stereocenters. The Morgan fingerprint density at radius 3 is 3.00 bits per heavy atom. The van der Waals surface area contributed by atoms with E-state index in [2.05, 4.69) is 34.5 Å². The Balaban J connectivity index is 1.77. The SMILES string of the molecule is Cc1cccc(-c2nc(NCC3CCCO3)nc3nn(C)c(N)c23)c1. The number of hydrogen-bond acceptors (Lipinski definition) is 6. The van der Waals surface area contributed by atoms with Crippen LogP contribution in [-0.4, -0.2) is 39.0 Å². The van der Waals surface area contributed by atoms with E-state index < -0.39 is 0 Å². The second-order valence-electron chi connectivity index (χ2n) is 6.49. The van der Waals surface area contributed by atoms with Gasteiger partial charge in [-0.05, 0) is 25.8 Å². The molecule has 7 heteroatoms. The number of benzene rings is 1. The summed E-state index contributed by atoms with van der Waals surface area (Å²) >= 11 is 0. The quantitative estimate of drug-likeness (QED) is 0.759. The van der Waals surface area contributed by atoms with Crippen LogP contribution in [0.5, 0.6) is 0 Å². The lowest BCUT2D eigenvalue weighted by atomic mass is 10.1. The van der Waals surface area contributed by atoms with Crippen molar-refractivity contribution in [1.29, 1.82) is 0 Å². The third-order valence-corrected chi connectivity index (χ3v) is 4.54. The van der Waals surface area contributed by atoms with E-state index in [0.717, 1.165) is 36.1 Å². The van der Waals surface area contributed by atoms with Gasteiger partial charge in [-0.1, -0.05) is 23.8 Å². The van der Waals surface area contributed by atoms with Crippen molar-refractivity contribution in [2.24, 2.45) is 7.05 Å². The molecule has 0 saturated carbocycles. The van der Waals surface area contributed by atoms with Gasteiger partial charge >= 0.3 is 0 Å². The molecular weight excluding hydrogens is 316 g/mol. The van der Waals surface area contributed by atoms with E-state index in [1.54, 1.807) is 4.68 Å². The molecule has 25 heavy (non-hydrogen) atoms. The zero-order valence-electron chi connectivity index (χ0n) is 14.5. The number of aromatic nitrogens is 4. The molecule has 0 radical (unpaired) electrons. The number of hydrogen-bond donors (Lipinski definition) is 2. The van der Waals surface area contributed by atoms with E-state index >= 15 is 0 Å². The van der Waals surface area contributed by atoms with Gasteiger partial charge in [-0.25, -0.2) is 4.98 Å². The van der Waals surface area contributed by atoms with E-state index in [1.807, 2.05) is 19.2 Å². The molecule has 1 fully saturated rings. The minimum absolute atomic E-state index is 0.218. The maximum absolute atomic E-state index is 6.22. The summed E-state index contributed by atoms with van der Waals surface area (Å²) in [6.45, 7) is 3.59. The first kappa shape index (κ1) is 15.8. The molecule has 1 aromatic carbocycles. The molecule has 0 amide bonds. The first-order valence-electron chi connectivity index (χ1n) is 8.54. The third-order valence-electron chi connectivity index (χ3n) is 4.54. The largest absolute Gasteiger partial charge is 0.383 e. The van der Waals surface area contributed by atoms with Crippen LogP contribution >= 0.6 is 0 Å². The summed E-state index contributed by atoms with van der Waals surface area (Å²) in [5.74, 6) is 1.12. The van der Waals surface area contributed by atoms with Crippen LogP contribution in [0.4, 0.5) is 11.8 Å². The van der Waals surface area contributed by atoms with Crippen molar-refractivity contribution >= 4 is 22.8 Å². The van der Waals surface area contributed by atoms with Crippen molar-refractivity contribution < 1.29 is 4.74 Å². The fourth-order valence-corrected chi connectivity index (χ4v) is 3.21. The van der Waals surface area contributed by atoms with E-state index in [-0.39, 0.29) is 6.10 Å². The Labute approximate surface area is 146 Å². The van der Waals surface area contributed by atoms with Crippen LogP contribution in [0, 0.1) is 6.92 Å². The molecule has 4 rings (SSSR count). The molecular formula is C18H22N6O. The highest BCUT2D eigenvalue weighted by atomic mass is 16.5. The van der Waals surface area contributed by atoms with Gasteiger partial charge < -0.3 is 15.8 Å². The average molecular weight is 338 g/mol. The maximum atomic E-state index is 6.22. The molecule has 2 aromatic heterocycles. The van der Waals surface area contributed by atoms with Crippen LogP contribution in [0.3, 0.4) is 0 Å². The number of rotatable bonds is 4. The normalized spacial score (nSPS) is 17.3. The van der Waals surface area contributed by atoms with Gasteiger partial charge in [0.1, 0.15) is 5.82 Å². The fraction of sp³-hybridized carbons (Fsp3) is 0.389. The highest BCUT2D eigenvalue weighted by molar-refractivity contribution is 5.98. The van der Waals surface area contributed by atoms with Crippen LogP contribution in [0.2, 0.25) is 0 Å². The third kappa shape index (κ3) is 3.02. The van der Waals surface area contributed by atoms with Crippen molar-refractivity contribution in [2.75, 3.05) is 24.2 Å². The summed E-state index contributed by atoms with van der Waals surface area (Å²) in [6, 6.07) is 8.21. The summed E-state index contributed by atoms with van der Waals surface area (Å²) in [5, 5.41) is 8.51. The van der Waals surface area contributed by atoms with E-state index in [1.165, 1.54) is 5.56 Å². The van der Waals surface area contributed by atoms with Gasteiger partial charge in [0.15, 0.2) is 5.65 Å². The Morgan fingerprint density at radius 1 is 1.36 bits per heavy atom. The molecule has 3 aromatic rings. The number of fused-ring (bicyclic) bond motifs is 1. The monoisotopic (exact) mass is 338 g/mol. The number of nitrogens with zero attached hydrogens (tertiary/aromatic N) is 4. The highest BCUT2D eigenvalue weighted by Crippen LogP contribution is 2.31. The first-order chi connectivity index (χ1) is 12.1. The molecule has 7 nitrogen and oxygen atoms in total. The fourth-order valence-electron chi connectivity index (χ4n) is 3.21. The number of aryl methyl sites for hydroxylation is 2. The molecule has 1 aliphatic heterocycles. The van der Waals surface area contributed by atoms with Crippen LogP contribution in [0.15, 0.2) is 24.3 Å². The van der Waals surface area contributed by atoms with Crippen molar-refractivity contribution in [3.8, 4) is 11.3 Å². The average Bonchev–Trinajstić information content (AvgIpc) is 3.21. The number of nitrogens with one attached hydrogen (secondary N) is 1. The topological polar surface area (TPSA) is 90.9 Å². The van der Waals surface area contributed by atoms with Gasteiger partial charge in [0.25, 0.3) is 0 Å². The Hall–Kier alpha value is -2.67. The number of anilines is 2. The summed E-state index contributed by atoms with van der Waals surface area (Å²) in [6.07, 6.45) is 2.39. The van der Waals surface area contributed by atoms with E-state index in [9.17, 15) is 0 Å². The lowest BCUT2D eigenvalue weighted by Gasteiger charge is -2.12.